The molecule has 1 fully saturated rings. The molecule has 0 spiro atoms. The number of anilines is 1. The molecule has 0 bridgehead atoms. The van der Waals surface area contributed by atoms with Crippen LogP contribution in [0.15, 0.2) is 18.2 Å². The van der Waals surface area contributed by atoms with Crippen molar-refractivity contribution >= 4 is 11.4 Å². The molecule has 1 aromatic carbocycles. The van der Waals surface area contributed by atoms with Gasteiger partial charge in [-0.1, -0.05) is 0 Å². The molecule has 0 aliphatic carbocycles. The fourth-order valence-corrected chi connectivity index (χ4v) is 1.83. The van der Waals surface area contributed by atoms with Crippen molar-refractivity contribution in [1.82, 2.24) is 0 Å². The molecule has 1 aliphatic heterocycles. The summed E-state index contributed by atoms with van der Waals surface area (Å²) in [5.41, 5.74) is -0.183. The number of aliphatic hydroxyl groups is 2. The fourth-order valence-electron chi connectivity index (χ4n) is 1.83. The van der Waals surface area contributed by atoms with Crippen molar-refractivity contribution < 1.29 is 19.5 Å². The van der Waals surface area contributed by atoms with Gasteiger partial charge in [-0.3, -0.25) is 10.1 Å². The molecule has 2 atom stereocenters. The molecule has 0 aromatic heterocycles. The largest absolute Gasteiger partial charge is 0.389 e. The zero-order chi connectivity index (χ0) is 12.6. The van der Waals surface area contributed by atoms with Crippen LogP contribution in [0.3, 0.4) is 0 Å². The quantitative estimate of drug-likeness (QED) is 0.574. The lowest BCUT2D eigenvalue weighted by Crippen LogP contribution is -2.22. The van der Waals surface area contributed by atoms with E-state index in [4.69, 9.17) is 0 Å². The van der Waals surface area contributed by atoms with Gasteiger partial charge in [-0.25, -0.2) is 4.39 Å². The first-order valence-corrected chi connectivity index (χ1v) is 5.04. The Balaban J connectivity index is 2.26. The first-order chi connectivity index (χ1) is 7.99. The van der Waals surface area contributed by atoms with E-state index in [0.717, 1.165) is 6.07 Å². The summed E-state index contributed by atoms with van der Waals surface area (Å²) in [5.74, 6) is -0.736. The molecule has 2 unspecified atom stereocenters. The Labute approximate surface area is 96.1 Å². The topological polar surface area (TPSA) is 86.8 Å². The number of β-amino-alcohol motifs (C(OH)–C–C–N with tert-alkyl or cyclic N) is 2. The predicted molar refractivity (Wildman–Crippen MR) is 57.3 cm³/mol. The van der Waals surface area contributed by atoms with E-state index in [1.807, 2.05) is 0 Å². The molecule has 1 aliphatic rings. The Hall–Kier alpha value is -1.73. The van der Waals surface area contributed by atoms with Gasteiger partial charge in [-0.2, -0.15) is 0 Å². The van der Waals surface area contributed by atoms with E-state index in [1.165, 1.54) is 17.0 Å². The Morgan fingerprint density at radius 3 is 2.41 bits per heavy atom. The number of hydrogen-bond acceptors (Lipinski definition) is 5. The van der Waals surface area contributed by atoms with Crippen molar-refractivity contribution in [2.75, 3.05) is 18.0 Å². The average Bonchev–Trinajstić information content (AvgIpc) is 2.58. The molecule has 0 saturated carbocycles. The van der Waals surface area contributed by atoms with Gasteiger partial charge in [0, 0.05) is 19.2 Å². The second kappa shape index (κ2) is 4.27. The fraction of sp³-hybridized carbons (Fsp3) is 0.400. The molecule has 2 N–H and O–H groups in total. The summed E-state index contributed by atoms with van der Waals surface area (Å²) in [7, 11) is 0. The van der Waals surface area contributed by atoms with E-state index in [2.05, 4.69) is 0 Å². The zero-order valence-corrected chi connectivity index (χ0v) is 8.78. The van der Waals surface area contributed by atoms with Gasteiger partial charge < -0.3 is 15.1 Å². The lowest BCUT2D eigenvalue weighted by Gasteiger charge is -2.17. The van der Waals surface area contributed by atoms with Crippen molar-refractivity contribution in [3.05, 3.63) is 34.1 Å². The van der Waals surface area contributed by atoms with Crippen LogP contribution in [0.1, 0.15) is 0 Å². The zero-order valence-electron chi connectivity index (χ0n) is 8.78. The maximum absolute atomic E-state index is 13.6. The number of halogens is 1. The highest BCUT2D eigenvalue weighted by atomic mass is 19.1. The highest BCUT2D eigenvalue weighted by Crippen LogP contribution is 2.27. The molecule has 1 saturated heterocycles. The van der Waals surface area contributed by atoms with Crippen LogP contribution >= 0.6 is 0 Å². The molecular formula is C10H11FN2O4. The van der Waals surface area contributed by atoms with Gasteiger partial charge >= 0.3 is 0 Å². The number of aliphatic hydroxyl groups excluding tert-OH is 2. The summed E-state index contributed by atoms with van der Waals surface area (Å²) >= 11 is 0. The standard InChI is InChI=1S/C10H11FN2O4/c11-7-3-6(13(16)17)1-2-8(7)12-4-9(14)10(15)5-12/h1-3,9-10,14-15H,4-5H2. The number of nitro benzene ring substituents is 1. The molecule has 92 valence electrons. The van der Waals surface area contributed by atoms with Gasteiger partial charge in [0.25, 0.3) is 5.69 Å². The minimum atomic E-state index is -0.926. The maximum atomic E-state index is 13.6. The van der Waals surface area contributed by atoms with Crippen molar-refractivity contribution in [3.63, 3.8) is 0 Å². The SMILES string of the molecule is O=[N+]([O-])c1ccc(N2CC(O)C(O)C2)c(F)c1. The molecule has 2 rings (SSSR count). The molecule has 0 amide bonds. The molecule has 1 aromatic rings. The number of benzene rings is 1. The third kappa shape index (κ3) is 2.20. The predicted octanol–water partition coefficient (Wildman–Crippen LogP) is 0.276. The van der Waals surface area contributed by atoms with Gasteiger partial charge in [0.1, 0.15) is 0 Å². The van der Waals surface area contributed by atoms with Crippen LogP contribution in [-0.4, -0.2) is 40.4 Å². The molecule has 7 heteroatoms. The van der Waals surface area contributed by atoms with E-state index in [9.17, 15) is 24.7 Å². The number of nitro groups is 1. The second-order valence-electron chi connectivity index (χ2n) is 3.93. The Morgan fingerprint density at radius 1 is 1.35 bits per heavy atom. The minimum absolute atomic E-state index is 0.107. The van der Waals surface area contributed by atoms with E-state index in [-0.39, 0.29) is 24.5 Å². The number of non-ortho nitro benzene ring substituents is 1. The van der Waals surface area contributed by atoms with E-state index >= 15 is 0 Å². The number of nitrogens with zero attached hydrogens (tertiary/aromatic N) is 2. The van der Waals surface area contributed by atoms with Crippen LogP contribution in [-0.2, 0) is 0 Å². The normalized spacial score (nSPS) is 24.1. The summed E-state index contributed by atoms with van der Waals surface area (Å²) in [4.78, 5) is 11.2. The van der Waals surface area contributed by atoms with Crippen molar-refractivity contribution in [1.29, 1.82) is 0 Å². The highest BCUT2D eigenvalue weighted by molar-refractivity contribution is 5.53. The van der Waals surface area contributed by atoms with E-state index in [1.54, 1.807) is 0 Å². The molecule has 1 heterocycles. The minimum Gasteiger partial charge on any atom is -0.389 e. The Kier molecular flexibility index (Phi) is 2.95. The van der Waals surface area contributed by atoms with Gasteiger partial charge in [-0.15, -0.1) is 0 Å². The first-order valence-electron chi connectivity index (χ1n) is 5.04. The van der Waals surface area contributed by atoms with E-state index < -0.39 is 22.9 Å². The van der Waals surface area contributed by atoms with Crippen molar-refractivity contribution in [2.24, 2.45) is 0 Å². The lowest BCUT2D eigenvalue weighted by atomic mass is 10.2. The van der Waals surface area contributed by atoms with Crippen LogP contribution in [0.2, 0.25) is 0 Å². The van der Waals surface area contributed by atoms with Crippen LogP contribution in [0.4, 0.5) is 15.8 Å². The molecular weight excluding hydrogens is 231 g/mol. The third-order valence-electron chi connectivity index (χ3n) is 2.74. The number of hydrogen-bond donors (Lipinski definition) is 2. The Bertz CT molecular complexity index is 444. The second-order valence-corrected chi connectivity index (χ2v) is 3.93. The summed E-state index contributed by atoms with van der Waals surface area (Å²) in [6, 6.07) is 3.29. The first kappa shape index (κ1) is 11.7. The monoisotopic (exact) mass is 242 g/mol. The van der Waals surface area contributed by atoms with Crippen LogP contribution < -0.4 is 4.90 Å². The summed E-state index contributed by atoms with van der Waals surface area (Å²) in [5, 5.41) is 29.1. The van der Waals surface area contributed by atoms with Crippen LogP contribution in [0.25, 0.3) is 0 Å². The van der Waals surface area contributed by atoms with Gasteiger partial charge in [0.15, 0.2) is 5.82 Å². The van der Waals surface area contributed by atoms with Gasteiger partial charge in [0.05, 0.1) is 28.9 Å². The maximum Gasteiger partial charge on any atom is 0.272 e. The lowest BCUT2D eigenvalue weighted by molar-refractivity contribution is -0.385. The Morgan fingerprint density at radius 2 is 1.94 bits per heavy atom. The van der Waals surface area contributed by atoms with Gasteiger partial charge in [0.2, 0.25) is 0 Å². The third-order valence-corrected chi connectivity index (χ3v) is 2.74. The van der Waals surface area contributed by atoms with Crippen LogP contribution in [0, 0.1) is 15.9 Å². The summed E-state index contributed by atoms with van der Waals surface area (Å²) < 4.78 is 13.6. The summed E-state index contributed by atoms with van der Waals surface area (Å²) in [6.07, 6.45) is -1.85. The van der Waals surface area contributed by atoms with Crippen LogP contribution in [0.5, 0.6) is 0 Å². The van der Waals surface area contributed by atoms with Crippen molar-refractivity contribution in [2.45, 2.75) is 12.2 Å². The average molecular weight is 242 g/mol. The van der Waals surface area contributed by atoms with E-state index in [0.29, 0.717) is 0 Å². The molecule has 6 nitrogen and oxygen atoms in total. The molecule has 17 heavy (non-hydrogen) atoms. The number of rotatable bonds is 2. The summed E-state index contributed by atoms with van der Waals surface area (Å²) in [6.45, 7) is 0.214. The van der Waals surface area contributed by atoms with Gasteiger partial charge in [-0.05, 0) is 6.07 Å². The molecule has 0 radical (unpaired) electrons. The van der Waals surface area contributed by atoms with Crippen molar-refractivity contribution in [3.8, 4) is 0 Å². The smallest absolute Gasteiger partial charge is 0.272 e. The highest BCUT2D eigenvalue weighted by Gasteiger charge is 2.31.